The molecule has 0 bridgehead atoms. The number of fused-ring (bicyclic) bond motifs is 2. The van der Waals surface area contributed by atoms with E-state index in [0.717, 1.165) is 41.7 Å². The number of anilines is 1. The Hall–Kier alpha value is -4.04. The zero-order chi connectivity index (χ0) is 25.7. The second-order valence-corrected chi connectivity index (χ2v) is 10.4. The standard InChI is InChI=1S/C29H25N3O4S/c1-16-13-21-23(15-22(16)36-2)37-29(31-21)32-25(20-9-5-6-12-30-20)24(27(34)28(32)35)26(33)19-11-10-17-7-3-4-8-18(17)14-19/h5-6,9-15,25,33H,3-4,7-8H2,1-2H3/b26-24+. The number of carbonyl (C=O) groups excluding carboxylic acids is 2. The molecule has 1 fully saturated rings. The van der Waals surface area contributed by atoms with Crippen molar-refractivity contribution in [3.63, 3.8) is 0 Å². The van der Waals surface area contributed by atoms with Gasteiger partial charge in [-0.25, -0.2) is 4.98 Å². The number of hydrogen-bond donors (Lipinski definition) is 1. The van der Waals surface area contributed by atoms with E-state index in [4.69, 9.17) is 9.72 Å². The predicted octanol–water partition coefficient (Wildman–Crippen LogP) is 5.51. The molecule has 37 heavy (non-hydrogen) atoms. The molecule has 3 heterocycles. The van der Waals surface area contributed by atoms with Gasteiger partial charge < -0.3 is 9.84 Å². The number of ketones is 1. The number of methoxy groups -OCH3 is 1. The quantitative estimate of drug-likeness (QED) is 0.221. The number of amides is 1. The number of ether oxygens (including phenoxy) is 1. The van der Waals surface area contributed by atoms with Gasteiger partial charge in [-0.15, -0.1) is 0 Å². The zero-order valence-electron chi connectivity index (χ0n) is 20.5. The van der Waals surface area contributed by atoms with E-state index in [9.17, 15) is 14.7 Å². The van der Waals surface area contributed by atoms with Crippen molar-refractivity contribution in [3.05, 3.63) is 88.2 Å². The van der Waals surface area contributed by atoms with Crippen molar-refractivity contribution < 1.29 is 19.4 Å². The molecule has 2 aliphatic rings. The van der Waals surface area contributed by atoms with Crippen LogP contribution in [0.25, 0.3) is 16.0 Å². The normalized spacial score (nSPS) is 18.9. The van der Waals surface area contributed by atoms with Crippen LogP contribution in [0.4, 0.5) is 5.13 Å². The van der Waals surface area contributed by atoms with E-state index in [0.29, 0.717) is 21.9 Å². The van der Waals surface area contributed by atoms with Gasteiger partial charge in [0.2, 0.25) is 0 Å². The van der Waals surface area contributed by atoms with E-state index in [-0.39, 0.29) is 11.3 Å². The Morgan fingerprint density at radius 1 is 1.08 bits per heavy atom. The summed E-state index contributed by atoms with van der Waals surface area (Å²) in [6, 6.07) is 14.0. The molecule has 7 nitrogen and oxygen atoms in total. The van der Waals surface area contributed by atoms with Crippen molar-refractivity contribution in [2.45, 2.75) is 38.6 Å². The van der Waals surface area contributed by atoms with Crippen LogP contribution in [-0.4, -0.2) is 33.9 Å². The molecular weight excluding hydrogens is 486 g/mol. The molecule has 4 aromatic rings. The highest BCUT2D eigenvalue weighted by Crippen LogP contribution is 2.44. The van der Waals surface area contributed by atoms with E-state index in [1.54, 1.807) is 31.5 Å². The summed E-state index contributed by atoms with van der Waals surface area (Å²) in [5.74, 6) is -0.960. The van der Waals surface area contributed by atoms with E-state index < -0.39 is 17.7 Å². The average Bonchev–Trinajstić information content (AvgIpc) is 3.45. The van der Waals surface area contributed by atoms with Gasteiger partial charge in [-0.2, -0.15) is 0 Å². The van der Waals surface area contributed by atoms with Crippen LogP contribution in [0.5, 0.6) is 5.75 Å². The molecule has 6 rings (SSSR count). The molecule has 2 aromatic carbocycles. The summed E-state index contributed by atoms with van der Waals surface area (Å²) in [4.78, 5) is 37.5. The van der Waals surface area contributed by atoms with Crippen molar-refractivity contribution in [1.82, 2.24) is 9.97 Å². The number of Topliss-reactive ketones (excluding diaryl/α,β-unsaturated/α-hetero) is 1. The maximum Gasteiger partial charge on any atom is 0.301 e. The SMILES string of the molecule is COc1cc2sc(N3C(=O)C(=O)/C(=C(/O)c4ccc5c(c4)CCCC5)C3c3ccccn3)nc2cc1C. The fourth-order valence-corrected chi connectivity index (χ4v) is 6.26. The second-order valence-electron chi connectivity index (χ2n) is 9.40. The van der Waals surface area contributed by atoms with Crippen LogP contribution in [0, 0.1) is 6.92 Å². The summed E-state index contributed by atoms with van der Waals surface area (Å²) in [5, 5.41) is 11.8. The molecule has 1 amide bonds. The average molecular weight is 512 g/mol. The minimum Gasteiger partial charge on any atom is -0.507 e. The Labute approximate surface area is 218 Å². The summed E-state index contributed by atoms with van der Waals surface area (Å²) in [7, 11) is 1.61. The number of thiazole rings is 1. The van der Waals surface area contributed by atoms with Crippen LogP contribution >= 0.6 is 11.3 Å². The smallest absolute Gasteiger partial charge is 0.301 e. The van der Waals surface area contributed by atoms with Crippen LogP contribution in [0.15, 0.2) is 60.3 Å². The molecule has 8 heteroatoms. The number of rotatable bonds is 4. The Bertz CT molecular complexity index is 1590. The number of hydrogen-bond acceptors (Lipinski definition) is 7. The van der Waals surface area contributed by atoms with E-state index in [1.165, 1.54) is 27.4 Å². The van der Waals surface area contributed by atoms with Gasteiger partial charge in [-0.05, 0) is 79.6 Å². The van der Waals surface area contributed by atoms with Gasteiger partial charge in [0.15, 0.2) is 5.13 Å². The highest BCUT2D eigenvalue weighted by Gasteiger charge is 2.48. The second kappa shape index (κ2) is 9.12. The van der Waals surface area contributed by atoms with Crippen LogP contribution in [0.2, 0.25) is 0 Å². The van der Waals surface area contributed by atoms with Gasteiger partial charge in [0.05, 0.1) is 28.6 Å². The van der Waals surface area contributed by atoms with Crippen molar-refractivity contribution in [1.29, 1.82) is 0 Å². The van der Waals surface area contributed by atoms with Crippen molar-refractivity contribution in [2.24, 2.45) is 0 Å². The minimum atomic E-state index is -0.902. The fraction of sp³-hybridized carbons (Fsp3) is 0.241. The molecule has 1 saturated heterocycles. The van der Waals surface area contributed by atoms with Crippen molar-refractivity contribution in [2.75, 3.05) is 12.0 Å². The Morgan fingerprint density at radius 3 is 2.65 bits per heavy atom. The first-order valence-corrected chi connectivity index (χ1v) is 13.1. The van der Waals surface area contributed by atoms with Gasteiger partial charge >= 0.3 is 5.91 Å². The van der Waals surface area contributed by atoms with Gasteiger partial charge in [0.1, 0.15) is 17.6 Å². The lowest BCUT2D eigenvalue weighted by molar-refractivity contribution is -0.132. The van der Waals surface area contributed by atoms with Crippen molar-refractivity contribution >= 4 is 44.1 Å². The van der Waals surface area contributed by atoms with Gasteiger partial charge in [-0.1, -0.05) is 29.5 Å². The third-order valence-electron chi connectivity index (χ3n) is 7.13. The highest BCUT2D eigenvalue weighted by molar-refractivity contribution is 7.22. The van der Waals surface area contributed by atoms with E-state index in [1.807, 2.05) is 37.3 Å². The number of aromatic nitrogens is 2. The van der Waals surface area contributed by atoms with Crippen molar-refractivity contribution in [3.8, 4) is 5.75 Å². The predicted molar refractivity (Wildman–Crippen MR) is 143 cm³/mol. The Balaban J connectivity index is 1.52. The summed E-state index contributed by atoms with van der Waals surface area (Å²) in [6.07, 6.45) is 5.80. The molecule has 1 atom stereocenters. The maximum absolute atomic E-state index is 13.5. The lowest BCUT2D eigenvalue weighted by Gasteiger charge is -2.22. The minimum absolute atomic E-state index is 0.0208. The number of nitrogens with zero attached hydrogens (tertiary/aromatic N) is 3. The third-order valence-corrected chi connectivity index (χ3v) is 8.15. The first-order valence-electron chi connectivity index (χ1n) is 12.3. The molecule has 1 N–H and O–H groups in total. The summed E-state index contributed by atoms with van der Waals surface area (Å²) < 4.78 is 6.27. The first-order chi connectivity index (χ1) is 18.0. The zero-order valence-corrected chi connectivity index (χ0v) is 21.3. The number of aliphatic hydroxyl groups is 1. The molecule has 0 radical (unpaired) electrons. The van der Waals surface area contributed by atoms with E-state index >= 15 is 0 Å². The first kappa shape index (κ1) is 23.4. The van der Waals surface area contributed by atoms with Crippen LogP contribution in [-0.2, 0) is 22.4 Å². The number of benzene rings is 2. The monoisotopic (exact) mass is 511 g/mol. The largest absolute Gasteiger partial charge is 0.507 e. The number of aryl methyl sites for hydroxylation is 3. The molecule has 0 saturated carbocycles. The van der Waals surface area contributed by atoms with Gasteiger partial charge in [0.25, 0.3) is 5.78 Å². The highest BCUT2D eigenvalue weighted by atomic mass is 32.1. The molecular formula is C29H25N3O4S. The lowest BCUT2D eigenvalue weighted by atomic mass is 9.89. The molecule has 1 aliphatic carbocycles. The summed E-state index contributed by atoms with van der Waals surface area (Å²) in [6.45, 7) is 1.93. The fourth-order valence-electron chi connectivity index (χ4n) is 5.25. The van der Waals surface area contributed by atoms with Gasteiger partial charge in [-0.3, -0.25) is 19.5 Å². The number of aliphatic hydroxyl groups excluding tert-OH is 1. The van der Waals surface area contributed by atoms with Crippen LogP contribution < -0.4 is 9.64 Å². The lowest BCUT2D eigenvalue weighted by Crippen LogP contribution is -2.29. The third kappa shape index (κ3) is 3.88. The number of carbonyl (C=O) groups is 2. The number of pyridine rings is 1. The Kier molecular flexibility index (Phi) is 5.76. The van der Waals surface area contributed by atoms with E-state index in [2.05, 4.69) is 4.98 Å². The topological polar surface area (TPSA) is 92.6 Å². The van der Waals surface area contributed by atoms with Crippen LogP contribution in [0.3, 0.4) is 0 Å². The summed E-state index contributed by atoms with van der Waals surface area (Å²) in [5.41, 5.74) is 5.10. The van der Waals surface area contributed by atoms with Crippen LogP contribution in [0.1, 0.15) is 46.8 Å². The molecule has 1 aliphatic heterocycles. The molecule has 2 aromatic heterocycles. The molecule has 0 spiro atoms. The summed E-state index contributed by atoms with van der Waals surface area (Å²) >= 11 is 1.29. The van der Waals surface area contributed by atoms with Gasteiger partial charge in [0, 0.05) is 11.8 Å². The molecule has 186 valence electrons. The Morgan fingerprint density at radius 2 is 1.89 bits per heavy atom. The molecule has 1 unspecified atom stereocenters. The maximum atomic E-state index is 13.5.